The van der Waals surface area contributed by atoms with Gasteiger partial charge in [0.15, 0.2) is 0 Å². The van der Waals surface area contributed by atoms with Crippen molar-refractivity contribution in [2.75, 3.05) is 7.11 Å². The van der Waals surface area contributed by atoms with E-state index in [2.05, 4.69) is 4.74 Å². The summed E-state index contributed by atoms with van der Waals surface area (Å²) in [6.45, 7) is 0. The molecule has 0 aromatic heterocycles. The molecule has 4 nitrogen and oxygen atoms in total. The lowest BCUT2D eigenvalue weighted by atomic mass is 9.91. The molecule has 1 aliphatic carbocycles. The van der Waals surface area contributed by atoms with Crippen LogP contribution in [-0.4, -0.2) is 24.2 Å². The van der Waals surface area contributed by atoms with E-state index >= 15 is 0 Å². The monoisotopic (exact) mass is 252 g/mol. The molecule has 18 heavy (non-hydrogen) atoms. The summed E-state index contributed by atoms with van der Waals surface area (Å²) in [5, 5.41) is 8.83. The molecule has 5 heteroatoms. The molecule has 0 radical (unpaired) electrons. The molecule has 0 unspecified atom stereocenters. The predicted molar refractivity (Wildman–Crippen MR) is 60.9 cm³/mol. The number of aliphatic carboxylic acids is 1. The van der Waals surface area contributed by atoms with Gasteiger partial charge in [0.2, 0.25) is 0 Å². The Kier molecular flexibility index (Phi) is 3.07. The summed E-state index contributed by atoms with van der Waals surface area (Å²) in [5.74, 6) is -2.09. The highest BCUT2D eigenvalue weighted by Crippen LogP contribution is 2.51. The third-order valence-electron chi connectivity index (χ3n) is 3.30. The van der Waals surface area contributed by atoms with Crippen LogP contribution in [0.4, 0.5) is 4.39 Å². The van der Waals surface area contributed by atoms with Crippen LogP contribution in [0.25, 0.3) is 0 Å². The van der Waals surface area contributed by atoms with Gasteiger partial charge >= 0.3 is 11.9 Å². The molecule has 96 valence electrons. The average molecular weight is 252 g/mol. The van der Waals surface area contributed by atoms with E-state index in [0.29, 0.717) is 18.4 Å². The molecular weight excluding hydrogens is 239 g/mol. The molecule has 0 heterocycles. The van der Waals surface area contributed by atoms with Crippen LogP contribution in [0.2, 0.25) is 0 Å². The molecule has 0 amide bonds. The van der Waals surface area contributed by atoms with E-state index in [1.807, 2.05) is 0 Å². The second kappa shape index (κ2) is 4.40. The van der Waals surface area contributed by atoms with Crippen LogP contribution in [-0.2, 0) is 14.9 Å². The number of methoxy groups -OCH3 is 1. The number of rotatable bonds is 4. The topological polar surface area (TPSA) is 63.6 Å². The first-order valence-corrected chi connectivity index (χ1v) is 5.59. The Hall–Kier alpha value is -1.91. The quantitative estimate of drug-likeness (QED) is 0.834. The lowest BCUT2D eigenvalue weighted by Crippen LogP contribution is -2.15. The minimum atomic E-state index is -0.941. The van der Waals surface area contributed by atoms with Crippen molar-refractivity contribution in [1.29, 1.82) is 0 Å². The molecule has 1 fully saturated rings. The number of carbonyl (C=O) groups excluding carboxylic acids is 1. The van der Waals surface area contributed by atoms with Crippen molar-refractivity contribution in [3.8, 4) is 0 Å². The van der Waals surface area contributed by atoms with E-state index in [9.17, 15) is 14.0 Å². The lowest BCUT2D eigenvalue weighted by Gasteiger charge is -2.14. The van der Waals surface area contributed by atoms with Gasteiger partial charge in [0.25, 0.3) is 0 Å². The molecule has 1 aromatic carbocycles. The van der Waals surface area contributed by atoms with Gasteiger partial charge in [0, 0.05) is 5.41 Å². The predicted octanol–water partition coefficient (Wildman–Crippen LogP) is 2.12. The molecular formula is C13H13FO4. The summed E-state index contributed by atoms with van der Waals surface area (Å²) in [5.41, 5.74) is -0.0904. The molecule has 2 rings (SSSR count). The zero-order valence-electron chi connectivity index (χ0n) is 9.90. The van der Waals surface area contributed by atoms with E-state index in [4.69, 9.17) is 5.11 Å². The molecule has 1 saturated carbocycles. The first-order chi connectivity index (χ1) is 8.48. The highest BCUT2D eigenvalue weighted by Gasteiger charge is 2.47. The van der Waals surface area contributed by atoms with Crippen LogP contribution in [0, 0.1) is 5.82 Å². The Labute approximate surface area is 103 Å². The number of halogens is 1. The van der Waals surface area contributed by atoms with Crippen LogP contribution < -0.4 is 0 Å². The smallest absolute Gasteiger partial charge is 0.337 e. The number of benzene rings is 1. The molecule has 0 spiro atoms. The van der Waals surface area contributed by atoms with Crippen molar-refractivity contribution in [2.24, 2.45) is 0 Å². The van der Waals surface area contributed by atoms with E-state index < -0.39 is 23.2 Å². The summed E-state index contributed by atoms with van der Waals surface area (Å²) in [4.78, 5) is 22.0. The van der Waals surface area contributed by atoms with Crippen molar-refractivity contribution >= 4 is 11.9 Å². The second-order valence-electron chi connectivity index (χ2n) is 4.54. The van der Waals surface area contributed by atoms with E-state index in [0.717, 1.165) is 6.07 Å². The fraction of sp³-hybridized carbons (Fsp3) is 0.385. The number of hydrogen-bond acceptors (Lipinski definition) is 3. The minimum Gasteiger partial charge on any atom is -0.481 e. The van der Waals surface area contributed by atoms with E-state index in [-0.39, 0.29) is 12.0 Å². The fourth-order valence-electron chi connectivity index (χ4n) is 2.17. The molecule has 1 aromatic rings. The fourth-order valence-corrected chi connectivity index (χ4v) is 2.17. The molecule has 1 aliphatic rings. The normalized spacial score (nSPS) is 16.1. The summed E-state index contributed by atoms with van der Waals surface area (Å²) in [6, 6.07) is 4.05. The Morgan fingerprint density at radius 3 is 2.56 bits per heavy atom. The van der Waals surface area contributed by atoms with E-state index in [1.54, 1.807) is 0 Å². The summed E-state index contributed by atoms with van der Waals surface area (Å²) < 4.78 is 18.4. The average Bonchev–Trinajstić information content (AvgIpc) is 3.07. The Balaban J connectivity index is 2.31. The summed E-state index contributed by atoms with van der Waals surface area (Å²) in [7, 11) is 1.22. The summed E-state index contributed by atoms with van der Waals surface area (Å²) >= 11 is 0. The maximum absolute atomic E-state index is 13.9. The Morgan fingerprint density at radius 2 is 2.11 bits per heavy atom. The van der Waals surface area contributed by atoms with Crippen molar-refractivity contribution in [3.63, 3.8) is 0 Å². The van der Waals surface area contributed by atoms with Crippen LogP contribution in [0.15, 0.2) is 18.2 Å². The number of hydrogen-bond donors (Lipinski definition) is 1. The van der Waals surface area contributed by atoms with Crippen molar-refractivity contribution < 1.29 is 23.8 Å². The highest BCUT2D eigenvalue weighted by atomic mass is 19.1. The maximum Gasteiger partial charge on any atom is 0.337 e. The van der Waals surface area contributed by atoms with Crippen LogP contribution in [0.5, 0.6) is 0 Å². The SMILES string of the molecule is COC(=O)c1ccc(C2(CC(=O)O)CC2)c(F)c1. The molecule has 0 atom stereocenters. The third-order valence-corrected chi connectivity index (χ3v) is 3.30. The Bertz CT molecular complexity index is 506. The molecule has 0 aliphatic heterocycles. The van der Waals surface area contributed by atoms with Gasteiger partial charge in [-0.25, -0.2) is 9.18 Å². The molecule has 0 bridgehead atoms. The number of carboxylic acid groups (broad SMARTS) is 1. The zero-order valence-corrected chi connectivity index (χ0v) is 9.90. The highest BCUT2D eigenvalue weighted by molar-refractivity contribution is 5.89. The number of carboxylic acids is 1. The largest absolute Gasteiger partial charge is 0.481 e. The van der Waals surface area contributed by atoms with Crippen LogP contribution in [0.3, 0.4) is 0 Å². The van der Waals surface area contributed by atoms with Crippen molar-refractivity contribution in [2.45, 2.75) is 24.7 Å². The van der Waals surface area contributed by atoms with Gasteiger partial charge in [0.1, 0.15) is 5.82 Å². The van der Waals surface area contributed by atoms with Gasteiger partial charge < -0.3 is 9.84 Å². The second-order valence-corrected chi connectivity index (χ2v) is 4.54. The van der Waals surface area contributed by atoms with Crippen LogP contribution >= 0.6 is 0 Å². The first-order valence-electron chi connectivity index (χ1n) is 5.59. The zero-order chi connectivity index (χ0) is 13.3. The number of carbonyl (C=O) groups is 2. The van der Waals surface area contributed by atoms with Gasteiger partial charge in [-0.1, -0.05) is 6.07 Å². The molecule has 0 saturated heterocycles. The van der Waals surface area contributed by atoms with Gasteiger partial charge in [-0.05, 0) is 30.5 Å². The Morgan fingerprint density at radius 1 is 1.44 bits per heavy atom. The van der Waals surface area contributed by atoms with Gasteiger partial charge in [-0.3, -0.25) is 4.79 Å². The van der Waals surface area contributed by atoms with Gasteiger partial charge in [0.05, 0.1) is 19.1 Å². The lowest BCUT2D eigenvalue weighted by molar-refractivity contribution is -0.137. The maximum atomic E-state index is 13.9. The van der Waals surface area contributed by atoms with Gasteiger partial charge in [-0.15, -0.1) is 0 Å². The van der Waals surface area contributed by atoms with Crippen molar-refractivity contribution in [3.05, 3.63) is 35.1 Å². The minimum absolute atomic E-state index is 0.0819. The number of esters is 1. The molecule has 1 N–H and O–H groups in total. The number of ether oxygens (including phenoxy) is 1. The first kappa shape index (κ1) is 12.5. The standard InChI is InChI=1S/C13H13FO4/c1-18-12(17)8-2-3-9(10(14)6-8)13(4-5-13)7-11(15)16/h2-3,6H,4-5,7H2,1H3,(H,15,16). The van der Waals surface area contributed by atoms with E-state index in [1.165, 1.54) is 19.2 Å². The van der Waals surface area contributed by atoms with Crippen molar-refractivity contribution in [1.82, 2.24) is 0 Å². The third kappa shape index (κ3) is 2.20. The van der Waals surface area contributed by atoms with Gasteiger partial charge in [-0.2, -0.15) is 0 Å². The van der Waals surface area contributed by atoms with Crippen LogP contribution in [0.1, 0.15) is 35.2 Å². The summed E-state index contributed by atoms with van der Waals surface area (Å²) in [6.07, 6.45) is 1.24.